The molecule has 0 fully saturated rings. The third-order valence-corrected chi connectivity index (χ3v) is 4.67. The fourth-order valence-corrected chi connectivity index (χ4v) is 3.00. The van der Waals surface area contributed by atoms with Crippen LogP contribution in [-0.2, 0) is 14.8 Å². The van der Waals surface area contributed by atoms with Gasteiger partial charge in [-0.15, -0.1) is 0 Å². The summed E-state index contributed by atoms with van der Waals surface area (Å²) in [6.07, 6.45) is 2.52. The number of hydrogen-bond acceptors (Lipinski definition) is 5. The summed E-state index contributed by atoms with van der Waals surface area (Å²) in [4.78, 5) is 12.1. The maximum absolute atomic E-state index is 12.1. The largest absolute Gasteiger partial charge is 0.497 e. The number of carbonyl (C=O) groups is 1. The minimum Gasteiger partial charge on any atom is -0.497 e. The minimum absolute atomic E-state index is 0.359. The number of methoxy groups -OCH3 is 1. The standard InChI is InChI=1S/C18H21N3O4S/c1-14-4-8-16(9-5-14)21(26(3,23)24)13-18(22)20-19-12-15-6-10-17(25-2)11-7-15/h4-12H,13H2,1-3H3,(H,20,22)/b19-12-. The van der Waals surface area contributed by atoms with Crippen molar-refractivity contribution in [3.63, 3.8) is 0 Å². The highest BCUT2D eigenvalue weighted by Gasteiger charge is 2.20. The van der Waals surface area contributed by atoms with Gasteiger partial charge in [0.15, 0.2) is 0 Å². The van der Waals surface area contributed by atoms with Crippen LogP contribution in [0, 0.1) is 6.92 Å². The quantitative estimate of drug-likeness (QED) is 0.592. The van der Waals surface area contributed by atoms with Crippen molar-refractivity contribution in [2.75, 3.05) is 24.2 Å². The number of benzene rings is 2. The maximum Gasteiger partial charge on any atom is 0.260 e. The van der Waals surface area contributed by atoms with E-state index in [9.17, 15) is 13.2 Å². The van der Waals surface area contributed by atoms with Gasteiger partial charge in [0, 0.05) is 0 Å². The number of nitrogens with one attached hydrogen (secondary N) is 1. The lowest BCUT2D eigenvalue weighted by Crippen LogP contribution is -2.39. The van der Waals surface area contributed by atoms with Crippen LogP contribution in [0.5, 0.6) is 5.75 Å². The van der Waals surface area contributed by atoms with E-state index < -0.39 is 15.9 Å². The fraction of sp³-hybridized carbons (Fsp3) is 0.222. The molecule has 138 valence electrons. The van der Waals surface area contributed by atoms with E-state index in [2.05, 4.69) is 10.5 Å². The SMILES string of the molecule is COc1ccc(/C=N\NC(=O)CN(c2ccc(C)cc2)S(C)(=O)=O)cc1. The van der Waals surface area contributed by atoms with Crippen LogP contribution in [0.3, 0.4) is 0 Å². The number of hydrazone groups is 1. The summed E-state index contributed by atoms with van der Waals surface area (Å²) in [6, 6.07) is 14.0. The van der Waals surface area contributed by atoms with E-state index >= 15 is 0 Å². The summed E-state index contributed by atoms with van der Waals surface area (Å²) in [6.45, 7) is 1.54. The number of nitrogens with zero attached hydrogens (tertiary/aromatic N) is 2. The molecule has 0 aromatic heterocycles. The Balaban J connectivity index is 2.02. The molecular formula is C18H21N3O4S. The van der Waals surface area contributed by atoms with Gasteiger partial charge in [0.05, 0.1) is 25.3 Å². The Morgan fingerprint density at radius 2 is 1.77 bits per heavy atom. The molecule has 2 rings (SSSR count). The zero-order valence-electron chi connectivity index (χ0n) is 14.8. The Bertz CT molecular complexity index is 876. The van der Waals surface area contributed by atoms with Crippen LogP contribution in [0.15, 0.2) is 53.6 Å². The molecule has 0 saturated heterocycles. The molecule has 0 saturated carbocycles. The summed E-state index contributed by atoms with van der Waals surface area (Å²) in [7, 11) is -2.03. The Morgan fingerprint density at radius 3 is 2.31 bits per heavy atom. The second kappa shape index (κ2) is 8.48. The molecule has 0 heterocycles. The van der Waals surface area contributed by atoms with Gasteiger partial charge in [0.2, 0.25) is 10.0 Å². The van der Waals surface area contributed by atoms with Crippen LogP contribution in [0.4, 0.5) is 5.69 Å². The number of amides is 1. The Labute approximate surface area is 153 Å². The zero-order chi connectivity index (χ0) is 19.2. The van der Waals surface area contributed by atoms with Crippen LogP contribution in [0.25, 0.3) is 0 Å². The van der Waals surface area contributed by atoms with Crippen LogP contribution < -0.4 is 14.5 Å². The van der Waals surface area contributed by atoms with Crippen molar-refractivity contribution in [3.8, 4) is 5.75 Å². The molecule has 2 aromatic rings. The number of ether oxygens (including phenoxy) is 1. The van der Waals surface area contributed by atoms with Gasteiger partial charge in [-0.3, -0.25) is 9.10 Å². The average Bonchev–Trinajstić information content (AvgIpc) is 2.60. The smallest absolute Gasteiger partial charge is 0.260 e. The number of rotatable bonds is 7. The predicted octanol–water partition coefficient (Wildman–Crippen LogP) is 1.92. The molecule has 0 bridgehead atoms. The van der Waals surface area contributed by atoms with Gasteiger partial charge in [-0.05, 0) is 48.9 Å². The van der Waals surface area contributed by atoms with Crippen molar-refractivity contribution in [3.05, 3.63) is 59.7 Å². The lowest BCUT2D eigenvalue weighted by atomic mass is 10.2. The van der Waals surface area contributed by atoms with Gasteiger partial charge in [0.1, 0.15) is 12.3 Å². The summed E-state index contributed by atoms with van der Waals surface area (Å²) < 4.78 is 30.1. The average molecular weight is 375 g/mol. The van der Waals surface area contributed by atoms with Gasteiger partial charge in [-0.1, -0.05) is 17.7 Å². The third kappa shape index (κ3) is 5.59. The van der Waals surface area contributed by atoms with E-state index in [1.54, 1.807) is 55.6 Å². The Hall–Kier alpha value is -2.87. The normalized spacial score (nSPS) is 11.3. The fourth-order valence-electron chi connectivity index (χ4n) is 2.15. The molecule has 0 atom stereocenters. The van der Waals surface area contributed by atoms with Crippen molar-refractivity contribution >= 4 is 27.8 Å². The topological polar surface area (TPSA) is 88.1 Å². The molecule has 0 unspecified atom stereocenters. The first-order chi connectivity index (χ1) is 12.3. The van der Waals surface area contributed by atoms with Gasteiger partial charge in [-0.25, -0.2) is 13.8 Å². The molecule has 0 radical (unpaired) electrons. The summed E-state index contributed by atoms with van der Waals surface area (Å²) in [5, 5.41) is 3.85. The summed E-state index contributed by atoms with van der Waals surface area (Å²) >= 11 is 0. The second-order valence-electron chi connectivity index (χ2n) is 5.67. The minimum atomic E-state index is -3.60. The monoisotopic (exact) mass is 375 g/mol. The van der Waals surface area contributed by atoms with E-state index in [-0.39, 0.29) is 6.54 Å². The molecule has 0 aliphatic carbocycles. The van der Waals surface area contributed by atoms with E-state index in [1.165, 1.54) is 6.21 Å². The van der Waals surface area contributed by atoms with Crippen LogP contribution in [-0.4, -0.2) is 40.4 Å². The Kier molecular flexibility index (Phi) is 6.35. The molecule has 0 aliphatic heterocycles. The first kappa shape index (κ1) is 19.5. The van der Waals surface area contributed by atoms with Crippen molar-refractivity contribution < 1.29 is 17.9 Å². The highest BCUT2D eigenvalue weighted by atomic mass is 32.2. The number of aryl methyl sites for hydroxylation is 1. The summed E-state index contributed by atoms with van der Waals surface area (Å²) in [5.41, 5.74) is 4.52. The Morgan fingerprint density at radius 1 is 1.15 bits per heavy atom. The molecular weight excluding hydrogens is 354 g/mol. The lowest BCUT2D eigenvalue weighted by molar-refractivity contribution is -0.119. The molecule has 1 amide bonds. The van der Waals surface area contributed by atoms with E-state index in [0.29, 0.717) is 11.4 Å². The maximum atomic E-state index is 12.1. The van der Waals surface area contributed by atoms with Gasteiger partial charge >= 0.3 is 0 Å². The highest BCUT2D eigenvalue weighted by molar-refractivity contribution is 7.92. The molecule has 1 N–H and O–H groups in total. The first-order valence-electron chi connectivity index (χ1n) is 7.80. The molecule has 8 heteroatoms. The summed E-state index contributed by atoms with van der Waals surface area (Å²) in [5.74, 6) is 0.175. The third-order valence-electron chi connectivity index (χ3n) is 3.53. The van der Waals surface area contributed by atoms with Gasteiger partial charge in [-0.2, -0.15) is 5.10 Å². The molecule has 0 spiro atoms. The van der Waals surface area contributed by atoms with Crippen molar-refractivity contribution in [2.24, 2.45) is 5.10 Å². The van der Waals surface area contributed by atoms with E-state index in [1.807, 2.05) is 6.92 Å². The number of anilines is 1. The van der Waals surface area contributed by atoms with Gasteiger partial charge < -0.3 is 4.74 Å². The predicted molar refractivity (Wildman–Crippen MR) is 102 cm³/mol. The molecule has 7 nitrogen and oxygen atoms in total. The number of sulfonamides is 1. The van der Waals surface area contributed by atoms with Crippen LogP contribution in [0.1, 0.15) is 11.1 Å². The first-order valence-corrected chi connectivity index (χ1v) is 9.65. The van der Waals surface area contributed by atoms with E-state index in [4.69, 9.17) is 4.74 Å². The number of hydrogen-bond donors (Lipinski definition) is 1. The van der Waals surface area contributed by atoms with Crippen molar-refractivity contribution in [1.29, 1.82) is 0 Å². The number of carbonyl (C=O) groups excluding carboxylic acids is 1. The molecule has 26 heavy (non-hydrogen) atoms. The lowest BCUT2D eigenvalue weighted by Gasteiger charge is -2.21. The zero-order valence-corrected chi connectivity index (χ0v) is 15.7. The van der Waals surface area contributed by atoms with Crippen molar-refractivity contribution in [2.45, 2.75) is 6.92 Å². The van der Waals surface area contributed by atoms with E-state index in [0.717, 1.165) is 21.7 Å². The van der Waals surface area contributed by atoms with Crippen LogP contribution in [0.2, 0.25) is 0 Å². The van der Waals surface area contributed by atoms with Crippen molar-refractivity contribution in [1.82, 2.24) is 5.43 Å². The molecule has 2 aromatic carbocycles. The second-order valence-corrected chi connectivity index (χ2v) is 7.58. The van der Waals surface area contributed by atoms with Crippen LogP contribution >= 0.6 is 0 Å². The van der Waals surface area contributed by atoms with Gasteiger partial charge in [0.25, 0.3) is 5.91 Å². The highest BCUT2D eigenvalue weighted by Crippen LogP contribution is 2.17. The molecule has 0 aliphatic rings.